The summed E-state index contributed by atoms with van der Waals surface area (Å²) in [5.74, 6) is -6.64. The number of hydrogen-bond acceptors (Lipinski definition) is 4. The first-order valence-electron chi connectivity index (χ1n) is 8.98. The minimum Gasteiger partial charge on any atom is -0.483 e. The molecule has 0 saturated heterocycles. The Labute approximate surface area is 168 Å². The Hall–Kier alpha value is -2.42. The van der Waals surface area contributed by atoms with Crippen molar-refractivity contribution >= 4 is 22.9 Å². The van der Waals surface area contributed by atoms with Crippen LogP contribution in [-0.2, 0) is 11.2 Å². The highest BCUT2D eigenvalue weighted by atomic mass is 32.1. The van der Waals surface area contributed by atoms with Gasteiger partial charge in [0.1, 0.15) is 6.61 Å². The van der Waals surface area contributed by atoms with Crippen molar-refractivity contribution in [3.63, 3.8) is 0 Å². The summed E-state index contributed by atoms with van der Waals surface area (Å²) >= 11 is 1.37. The summed E-state index contributed by atoms with van der Waals surface area (Å²) in [5, 5.41) is 9.47. The number of aryl methyl sites for hydroxylation is 2. The van der Waals surface area contributed by atoms with E-state index in [-0.39, 0.29) is 37.9 Å². The Bertz CT molecular complexity index is 932. The maximum absolute atomic E-state index is 14.3. The lowest BCUT2D eigenvalue weighted by atomic mass is 9.89. The molecule has 1 N–H and O–H groups in total. The number of hydrogen-bond donors (Lipinski definition) is 1. The monoisotopic (exact) mass is 429 g/mol. The van der Waals surface area contributed by atoms with Crippen molar-refractivity contribution < 1.29 is 32.2 Å². The van der Waals surface area contributed by atoms with Crippen LogP contribution in [0.15, 0.2) is 23.9 Å². The summed E-state index contributed by atoms with van der Waals surface area (Å²) in [6.07, 6.45) is 0.598. The predicted molar refractivity (Wildman–Crippen MR) is 100 cm³/mol. The van der Waals surface area contributed by atoms with Gasteiger partial charge in [-0.15, -0.1) is 11.3 Å². The molecule has 0 spiro atoms. The number of carbonyl (C=O) groups is 1. The molecule has 0 bridgehead atoms. The van der Waals surface area contributed by atoms with E-state index in [0.29, 0.717) is 11.1 Å². The summed E-state index contributed by atoms with van der Waals surface area (Å²) in [6, 6.07) is 2.00. The number of rotatable bonds is 7. The first-order valence-corrected chi connectivity index (χ1v) is 9.80. The molecule has 0 fully saturated rings. The van der Waals surface area contributed by atoms with Crippen LogP contribution in [-0.4, -0.2) is 28.6 Å². The number of carboxylic acids is 1. The van der Waals surface area contributed by atoms with Gasteiger partial charge in [-0.05, 0) is 48.6 Å². The van der Waals surface area contributed by atoms with Gasteiger partial charge >= 0.3 is 5.97 Å². The summed E-state index contributed by atoms with van der Waals surface area (Å²) in [4.78, 5) is 15.5. The zero-order valence-electron chi connectivity index (χ0n) is 15.6. The SMILES string of the molecule is Cc1ncc(C2=C(COc3c(F)cc(CCC(=O)O)cc3F)CC(F)(F)CC2)s1. The number of aromatic nitrogens is 1. The Morgan fingerprint density at radius 2 is 2.00 bits per heavy atom. The fourth-order valence-corrected chi connectivity index (χ4v) is 4.13. The molecule has 9 heteroatoms. The second-order valence-corrected chi connectivity index (χ2v) is 8.16. The van der Waals surface area contributed by atoms with Crippen molar-refractivity contribution in [2.45, 2.75) is 45.0 Å². The van der Waals surface area contributed by atoms with Crippen LogP contribution >= 0.6 is 11.3 Å². The zero-order valence-corrected chi connectivity index (χ0v) is 16.4. The molecule has 0 saturated carbocycles. The average Bonchev–Trinajstić information content (AvgIpc) is 3.04. The number of carboxylic acid groups (broad SMARTS) is 1. The quantitative estimate of drug-likeness (QED) is 0.599. The van der Waals surface area contributed by atoms with Crippen LogP contribution in [0.25, 0.3) is 5.57 Å². The summed E-state index contributed by atoms with van der Waals surface area (Å²) in [6.45, 7) is 1.43. The lowest BCUT2D eigenvalue weighted by molar-refractivity contribution is -0.136. The van der Waals surface area contributed by atoms with E-state index >= 15 is 0 Å². The predicted octanol–water partition coefficient (Wildman–Crippen LogP) is 5.40. The molecule has 3 rings (SSSR count). The lowest BCUT2D eigenvalue weighted by Gasteiger charge is -2.27. The number of nitrogens with zero attached hydrogens (tertiary/aromatic N) is 1. The summed E-state index contributed by atoms with van der Waals surface area (Å²) in [7, 11) is 0. The van der Waals surface area contributed by atoms with Gasteiger partial charge in [-0.2, -0.15) is 0 Å². The van der Waals surface area contributed by atoms with Crippen LogP contribution in [0.5, 0.6) is 5.75 Å². The fraction of sp³-hybridized carbons (Fsp3) is 0.400. The topological polar surface area (TPSA) is 59.4 Å². The molecule has 0 unspecified atom stereocenters. The molecule has 1 aromatic heterocycles. The molecular weight excluding hydrogens is 410 g/mol. The smallest absolute Gasteiger partial charge is 0.303 e. The van der Waals surface area contributed by atoms with Gasteiger partial charge in [-0.3, -0.25) is 4.79 Å². The number of thiazole rings is 1. The molecule has 2 aromatic rings. The number of ether oxygens (including phenoxy) is 1. The Balaban J connectivity index is 1.82. The molecule has 0 aliphatic heterocycles. The average molecular weight is 429 g/mol. The van der Waals surface area contributed by atoms with E-state index in [4.69, 9.17) is 9.84 Å². The molecule has 0 atom stereocenters. The Kier molecular flexibility index (Phi) is 6.26. The number of aliphatic carboxylic acids is 1. The number of alkyl halides is 2. The molecule has 4 nitrogen and oxygen atoms in total. The molecule has 1 heterocycles. The van der Waals surface area contributed by atoms with E-state index in [1.165, 1.54) is 11.3 Å². The number of benzene rings is 1. The van der Waals surface area contributed by atoms with E-state index < -0.39 is 35.7 Å². The molecule has 1 aliphatic rings. The van der Waals surface area contributed by atoms with Crippen molar-refractivity contribution in [2.75, 3.05) is 6.61 Å². The van der Waals surface area contributed by atoms with Crippen molar-refractivity contribution in [3.8, 4) is 5.75 Å². The van der Waals surface area contributed by atoms with E-state index in [1.54, 1.807) is 13.1 Å². The largest absolute Gasteiger partial charge is 0.483 e. The Morgan fingerprint density at radius 3 is 2.59 bits per heavy atom. The maximum Gasteiger partial charge on any atom is 0.303 e. The van der Waals surface area contributed by atoms with Gasteiger partial charge in [-0.25, -0.2) is 22.5 Å². The van der Waals surface area contributed by atoms with Gasteiger partial charge in [0.15, 0.2) is 17.4 Å². The van der Waals surface area contributed by atoms with Crippen LogP contribution in [0.1, 0.15) is 41.1 Å². The molecular formula is C20H19F4NO3S. The van der Waals surface area contributed by atoms with Crippen LogP contribution in [0, 0.1) is 18.6 Å². The highest BCUT2D eigenvalue weighted by molar-refractivity contribution is 7.12. The third kappa shape index (κ3) is 5.35. The highest BCUT2D eigenvalue weighted by Gasteiger charge is 2.36. The van der Waals surface area contributed by atoms with E-state index in [1.807, 2.05) is 0 Å². The third-order valence-corrected chi connectivity index (χ3v) is 5.61. The van der Waals surface area contributed by atoms with Crippen molar-refractivity contribution in [1.29, 1.82) is 0 Å². The minimum absolute atomic E-state index is 0.0320. The summed E-state index contributed by atoms with van der Waals surface area (Å²) < 4.78 is 61.7. The number of allylic oxidation sites excluding steroid dienone is 1. The van der Waals surface area contributed by atoms with E-state index in [0.717, 1.165) is 22.0 Å². The Morgan fingerprint density at radius 1 is 1.31 bits per heavy atom. The molecule has 0 radical (unpaired) electrons. The van der Waals surface area contributed by atoms with Gasteiger partial charge in [-0.1, -0.05) is 0 Å². The third-order valence-electron chi connectivity index (χ3n) is 4.63. The van der Waals surface area contributed by atoms with Gasteiger partial charge in [0.2, 0.25) is 0 Å². The normalized spacial score (nSPS) is 16.2. The van der Waals surface area contributed by atoms with Crippen LogP contribution < -0.4 is 4.74 Å². The van der Waals surface area contributed by atoms with Gasteiger partial charge in [0, 0.05) is 25.5 Å². The second kappa shape index (κ2) is 8.52. The minimum atomic E-state index is -2.90. The molecule has 29 heavy (non-hydrogen) atoms. The van der Waals surface area contributed by atoms with Crippen LogP contribution in [0.3, 0.4) is 0 Å². The molecule has 1 aliphatic carbocycles. The fourth-order valence-electron chi connectivity index (χ4n) is 3.23. The lowest BCUT2D eigenvalue weighted by Crippen LogP contribution is -2.24. The zero-order chi connectivity index (χ0) is 21.2. The van der Waals surface area contributed by atoms with Gasteiger partial charge in [0.05, 0.1) is 9.88 Å². The van der Waals surface area contributed by atoms with Crippen molar-refractivity contribution in [1.82, 2.24) is 4.98 Å². The maximum atomic E-state index is 14.3. The van der Waals surface area contributed by atoms with Gasteiger partial charge < -0.3 is 9.84 Å². The highest BCUT2D eigenvalue weighted by Crippen LogP contribution is 2.42. The first kappa shape index (κ1) is 21.3. The van der Waals surface area contributed by atoms with Crippen LogP contribution in [0.4, 0.5) is 17.6 Å². The van der Waals surface area contributed by atoms with Crippen LogP contribution in [0.2, 0.25) is 0 Å². The second-order valence-electron chi connectivity index (χ2n) is 6.93. The van der Waals surface area contributed by atoms with E-state index in [2.05, 4.69) is 4.98 Å². The van der Waals surface area contributed by atoms with E-state index in [9.17, 15) is 22.4 Å². The first-order chi connectivity index (χ1) is 13.6. The molecule has 0 amide bonds. The molecule has 156 valence electrons. The number of halogens is 4. The standard InChI is InChI=1S/C20H19F4NO3S/c1-11-25-9-17(29-11)14-4-5-20(23,24)8-13(14)10-28-19-15(21)6-12(7-16(19)22)2-3-18(26)27/h6-7,9H,2-5,8,10H2,1H3,(H,26,27). The molecule has 1 aromatic carbocycles. The van der Waals surface area contributed by atoms with Gasteiger partial charge in [0.25, 0.3) is 5.92 Å². The summed E-state index contributed by atoms with van der Waals surface area (Å²) in [5.41, 5.74) is 1.15. The van der Waals surface area contributed by atoms with Crippen molar-refractivity contribution in [3.05, 3.63) is 51.0 Å². The van der Waals surface area contributed by atoms with Crippen molar-refractivity contribution in [2.24, 2.45) is 0 Å².